The lowest BCUT2D eigenvalue weighted by Crippen LogP contribution is -2.52. The second-order valence-corrected chi connectivity index (χ2v) is 9.09. The van der Waals surface area contributed by atoms with Gasteiger partial charge in [0, 0.05) is 5.69 Å². The molecule has 1 aliphatic heterocycles. The van der Waals surface area contributed by atoms with Gasteiger partial charge in [-0.3, -0.25) is 9.32 Å². The number of nitrogens with one attached hydrogen (secondary N) is 1. The molecule has 0 bridgehead atoms. The number of carbonyl (C=O) groups excluding carboxylic acids is 1. The fraction of sp³-hybridized carbons (Fsp3) is 0.174. The number of ether oxygens (including phenoxy) is 3. The average Bonchev–Trinajstić information content (AvgIpc) is 3.27. The van der Waals surface area contributed by atoms with Gasteiger partial charge in [0.25, 0.3) is 0 Å². The lowest BCUT2D eigenvalue weighted by molar-refractivity contribution is -0.121. The maximum Gasteiger partial charge on any atom is 0.469 e. The fourth-order valence-electron chi connectivity index (χ4n) is 3.09. The Morgan fingerprint density at radius 2 is 1.59 bits per heavy atom. The van der Waals surface area contributed by atoms with Gasteiger partial charge in [0.2, 0.25) is 12.7 Å². The number of phosphoric acid groups is 1. The zero-order valence-corrected chi connectivity index (χ0v) is 19.0. The lowest BCUT2D eigenvalue weighted by Gasteiger charge is -2.23. The molecular weight excluding hydrogens is 463 g/mol. The van der Waals surface area contributed by atoms with E-state index in [1.807, 2.05) is 42.5 Å². The van der Waals surface area contributed by atoms with Crippen LogP contribution >= 0.6 is 7.82 Å². The molecule has 4 rings (SSSR count). The Bertz CT molecular complexity index is 1220. The number of rotatable bonds is 8. The predicted molar refractivity (Wildman–Crippen MR) is 124 cm³/mol. The summed E-state index contributed by atoms with van der Waals surface area (Å²) in [6.45, 7) is 0.889. The van der Waals surface area contributed by atoms with E-state index in [-0.39, 0.29) is 6.79 Å². The molecule has 5 N–H and O–H groups in total. The summed E-state index contributed by atoms with van der Waals surface area (Å²) in [7, 11) is -4.74. The average molecular weight is 486 g/mol. The molecule has 0 aromatic heterocycles. The molecule has 10 nitrogen and oxygen atoms in total. The van der Waals surface area contributed by atoms with Gasteiger partial charge >= 0.3 is 7.82 Å². The van der Waals surface area contributed by atoms with Gasteiger partial charge < -0.3 is 35.0 Å². The van der Waals surface area contributed by atoms with Gasteiger partial charge in [-0.15, -0.1) is 0 Å². The van der Waals surface area contributed by atoms with E-state index in [9.17, 15) is 9.36 Å². The van der Waals surface area contributed by atoms with Crippen molar-refractivity contribution < 1.29 is 37.9 Å². The molecule has 0 aliphatic carbocycles. The molecule has 0 radical (unpaired) electrons. The standard InChI is InChI=1S/C23H23N2O8P/c1-23(24,13-32-34(27,28)29)22(26)25-17-5-9-19(10-6-17)33-18-7-2-15(3-8-18)16-4-11-20-21(12-16)31-14-30-20/h2-12H,13-14,24H2,1H3,(H,25,26)(H2,27,28,29)/t23-/m0/s1. The number of amides is 1. The summed E-state index contributed by atoms with van der Waals surface area (Å²) in [6, 6.07) is 19.9. The largest absolute Gasteiger partial charge is 0.469 e. The molecule has 1 heterocycles. The monoisotopic (exact) mass is 486 g/mol. The van der Waals surface area contributed by atoms with Gasteiger partial charge in [0.05, 0.1) is 6.61 Å². The Balaban J connectivity index is 1.35. The first-order chi connectivity index (χ1) is 16.1. The third-order valence-corrected chi connectivity index (χ3v) is 5.42. The maximum atomic E-state index is 12.3. The Labute approximate surface area is 195 Å². The third kappa shape index (κ3) is 5.93. The summed E-state index contributed by atoms with van der Waals surface area (Å²) in [6.07, 6.45) is 0. The molecule has 0 unspecified atom stereocenters. The van der Waals surface area contributed by atoms with Crippen LogP contribution in [0.1, 0.15) is 6.92 Å². The van der Waals surface area contributed by atoms with Crippen molar-refractivity contribution >= 4 is 19.4 Å². The molecule has 11 heteroatoms. The fourth-order valence-corrected chi connectivity index (χ4v) is 3.53. The van der Waals surface area contributed by atoms with Crippen molar-refractivity contribution in [3.8, 4) is 34.1 Å². The second-order valence-electron chi connectivity index (χ2n) is 7.85. The van der Waals surface area contributed by atoms with E-state index in [1.165, 1.54) is 6.92 Å². The van der Waals surface area contributed by atoms with Gasteiger partial charge in [0.1, 0.15) is 17.0 Å². The molecule has 34 heavy (non-hydrogen) atoms. The third-order valence-electron chi connectivity index (χ3n) is 4.96. The zero-order chi connectivity index (χ0) is 24.3. The summed E-state index contributed by atoms with van der Waals surface area (Å²) in [5.41, 5.74) is 6.59. The summed E-state index contributed by atoms with van der Waals surface area (Å²) in [5.74, 6) is 1.97. The molecule has 3 aromatic rings. The Hall–Kier alpha value is -3.40. The number of fused-ring (bicyclic) bond motifs is 1. The van der Waals surface area contributed by atoms with Crippen LogP contribution in [-0.2, 0) is 13.9 Å². The van der Waals surface area contributed by atoms with Crippen molar-refractivity contribution in [3.05, 3.63) is 66.7 Å². The van der Waals surface area contributed by atoms with Gasteiger partial charge in [0.15, 0.2) is 11.5 Å². The van der Waals surface area contributed by atoms with Crippen LogP contribution in [0.15, 0.2) is 66.7 Å². The molecular formula is C23H23N2O8P. The van der Waals surface area contributed by atoms with Crippen LogP contribution in [0, 0.1) is 0 Å². The highest BCUT2D eigenvalue weighted by molar-refractivity contribution is 7.46. The van der Waals surface area contributed by atoms with Crippen molar-refractivity contribution in [2.75, 3.05) is 18.7 Å². The molecule has 3 aromatic carbocycles. The minimum atomic E-state index is -4.74. The summed E-state index contributed by atoms with van der Waals surface area (Å²) in [5, 5.41) is 2.58. The van der Waals surface area contributed by atoms with Crippen molar-refractivity contribution in [2.24, 2.45) is 5.73 Å². The van der Waals surface area contributed by atoms with Crippen LogP contribution in [0.25, 0.3) is 11.1 Å². The smallest absolute Gasteiger partial charge is 0.457 e. The quantitative estimate of drug-likeness (QED) is 0.350. The molecule has 0 saturated carbocycles. The van der Waals surface area contributed by atoms with E-state index in [1.54, 1.807) is 24.3 Å². The van der Waals surface area contributed by atoms with Gasteiger partial charge in [-0.1, -0.05) is 18.2 Å². The number of phosphoric ester groups is 1. The molecule has 1 aliphatic rings. The van der Waals surface area contributed by atoms with E-state index in [2.05, 4.69) is 9.84 Å². The number of benzene rings is 3. The van der Waals surface area contributed by atoms with Gasteiger partial charge in [-0.2, -0.15) is 0 Å². The Morgan fingerprint density at radius 1 is 1.00 bits per heavy atom. The Morgan fingerprint density at radius 3 is 2.24 bits per heavy atom. The molecule has 0 saturated heterocycles. The van der Waals surface area contributed by atoms with Gasteiger partial charge in [-0.25, -0.2) is 4.57 Å². The van der Waals surface area contributed by atoms with Crippen LogP contribution in [0.2, 0.25) is 0 Å². The highest BCUT2D eigenvalue weighted by Gasteiger charge is 2.32. The topological polar surface area (TPSA) is 150 Å². The first-order valence-electron chi connectivity index (χ1n) is 10.2. The number of anilines is 1. The van der Waals surface area contributed by atoms with E-state index in [4.69, 9.17) is 29.7 Å². The normalized spacial score (nSPS) is 14.4. The van der Waals surface area contributed by atoms with Crippen LogP contribution < -0.4 is 25.3 Å². The minimum absolute atomic E-state index is 0.227. The van der Waals surface area contributed by atoms with Crippen molar-refractivity contribution in [2.45, 2.75) is 12.5 Å². The molecule has 0 fully saturated rings. The van der Waals surface area contributed by atoms with Crippen LogP contribution in [0.3, 0.4) is 0 Å². The van der Waals surface area contributed by atoms with Crippen molar-refractivity contribution in [1.29, 1.82) is 0 Å². The minimum Gasteiger partial charge on any atom is -0.457 e. The summed E-state index contributed by atoms with van der Waals surface area (Å²) in [4.78, 5) is 29.9. The van der Waals surface area contributed by atoms with Crippen molar-refractivity contribution in [3.63, 3.8) is 0 Å². The number of carbonyl (C=O) groups is 1. The summed E-state index contributed by atoms with van der Waals surface area (Å²) >= 11 is 0. The van der Waals surface area contributed by atoms with Crippen molar-refractivity contribution in [1.82, 2.24) is 0 Å². The molecule has 1 amide bonds. The van der Waals surface area contributed by atoms with Crippen LogP contribution in [-0.4, -0.2) is 34.6 Å². The lowest BCUT2D eigenvalue weighted by atomic mass is 10.0. The number of nitrogens with two attached hydrogens (primary N) is 1. The van der Waals surface area contributed by atoms with Crippen LogP contribution in [0.4, 0.5) is 5.69 Å². The van der Waals surface area contributed by atoms with E-state index >= 15 is 0 Å². The second kappa shape index (κ2) is 9.46. The molecule has 1 atom stereocenters. The number of hydrogen-bond acceptors (Lipinski definition) is 7. The van der Waals surface area contributed by atoms with E-state index in [0.29, 0.717) is 22.9 Å². The first kappa shape index (κ1) is 23.7. The summed E-state index contributed by atoms with van der Waals surface area (Å²) < 4.78 is 31.8. The first-order valence-corrected chi connectivity index (χ1v) is 11.7. The molecule has 178 valence electrons. The van der Waals surface area contributed by atoms with E-state index in [0.717, 1.165) is 16.9 Å². The highest BCUT2D eigenvalue weighted by Crippen LogP contribution is 2.37. The molecule has 0 spiro atoms. The zero-order valence-electron chi connectivity index (χ0n) is 18.1. The number of hydrogen-bond donors (Lipinski definition) is 4. The van der Waals surface area contributed by atoms with Gasteiger partial charge in [-0.05, 0) is 66.6 Å². The van der Waals surface area contributed by atoms with E-state index < -0.39 is 25.9 Å². The Kier molecular flexibility index (Phi) is 6.60. The predicted octanol–water partition coefficient (Wildman–Crippen LogP) is 3.64. The van der Waals surface area contributed by atoms with Crippen LogP contribution in [0.5, 0.6) is 23.0 Å². The maximum absolute atomic E-state index is 12.3. The SMILES string of the molecule is C[C@](N)(COP(=O)(O)O)C(=O)Nc1ccc(Oc2ccc(-c3ccc4c(c3)OCO4)cc2)cc1. The highest BCUT2D eigenvalue weighted by atomic mass is 31.2.